The Morgan fingerprint density at radius 3 is 2.65 bits per heavy atom. The number of benzene rings is 1. The molecule has 0 atom stereocenters. The standard InChI is InChI=1S/C19H24N2O2/c1-2-3-14-21(18-12-7-13-20-16-18)19(22)23-15-8-11-17-9-5-4-6-10-17/h4-7,9-10,12-13,16H,2-3,8,11,14-15H2,1H3. The number of carbonyl (C=O) groups excluding carboxylic acids is 1. The van der Waals surface area contributed by atoms with Crippen LogP contribution >= 0.6 is 0 Å². The lowest BCUT2D eigenvalue weighted by Crippen LogP contribution is -2.32. The summed E-state index contributed by atoms with van der Waals surface area (Å²) in [4.78, 5) is 18.1. The maximum atomic E-state index is 12.3. The van der Waals surface area contributed by atoms with Crippen molar-refractivity contribution in [1.82, 2.24) is 4.98 Å². The number of hydrogen-bond donors (Lipinski definition) is 0. The molecule has 0 radical (unpaired) electrons. The Bertz CT molecular complexity index is 572. The van der Waals surface area contributed by atoms with Gasteiger partial charge in [0.25, 0.3) is 0 Å². The summed E-state index contributed by atoms with van der Waals surface area (Å²) in [7, 11) is 0. The van der Waals surface area contributed by atoms with E-state index in [1.165, 1.54) is 5.56 Å². The van der Waals surface area contributed by atoms with E-state index in [-0.39, 0.29) is 6.09 Å². The topological polar surface area (TPSA) is 42.4 Å². The Kier molecular flexibility index (Phi) is 7.11. The number of anilines is 1. The van der Waals surface area contributed by atoms with Crippen molar-refractivity contribution < 1.29 is 9.53 Å². The largest absolute Gasteiger partial charge is 0.449 e. The molecule has 4 nitrogen and oxygen atoms in total. The normalized spacial score (nSPS) is 10.3. The molecule has 0 bridgehead atoms. The zero-order valence-corrected chi connectivity index (χ0v) is 13.6. The maximum absolute atomic E-state index is 12.3. The molecule has 122 valence electrons. The first kappa shape index (κ1) is 17.0. The van der Waals surface area contributed by atoms with Crippen LogP contribution in [0.15, 0.2) is 54.9 Å². The highest BCUT2D eigenvalue weighted by molar-refractivity contribution is 5.87. The van der Waals surface area contributed by atoms with E-state index in [2.05, 4.69) is 24.0 Å². The van der Waals surface area contributed by atoms with Crippen LogP contribution in [0.1, 0.15) is 31.7 Å². The number of unbranched alkanes of at least 4 members (excludes halogenated alkanes) is 1. The zero-order chi connectivity index (χ0) is 16.3. The zero-order valence-electron chi connectivity index (χ0n) is 13.6. The van der Waals surface area contributed by atoms with Gasteiger partial charge in [-0.05, 0) is 37.0 Å². The Morgan fingerprint density at radius 1 is 1.13 bits per heavy atom. The highest BCUT2D eigenvalue weighted by atomic mass is 16.6. The molecule has 23 heavy (non-hydrogen) atoms. The molecular formula is C19H24N2O2. The third-order valence-corrected chi connectivity index (χ3v) is 3.59. The van der Waals surface area contributed by atoms with Gasteiger partial charge in [0.05, 0.1) is 18.5 Å². The van der Waals surface area contributed by atoms with E-state index >= 15 is 0 Å². The molecule has 2 aromatic rings. The number of pyridine rings is 1. The minimum absolute atomic E-state index is 0.292. The van der Waals surface area contributed by atoms with Crippen molar-refractivity contribution in [2.45, 2.75) is 32.6 Å². The second-order valence-electron chi connectivity index (χ2n) is 5.42. The molecular weight excluding hydrogens is 288 g/mol. The minimum Gasteiger partial charge on any atom is -0.449 e. The Morgan fingerprint density at radius 2 is 1.96 bits per heavy atom. The molecule has 0 fully saturated rings. The van der Waals surface area contributed by atoms with Crippen LogP contribution in [0.25, 0.3) is 0 Å². The van der Waals surface area contributed by atoms with Gasteiger partial charge in [0, 0.05) is 12.7 Å². The van der Waals surface area contributed by atoms with Crippen molar-refractivity contribution in [3.05, 3.63) is 60.4 Å². The predicted molar refractivity (Wildman–Crippen MR) is 92.6 cm³/mol. The van der Waals surface area contributed by atoms with Gasteiger partial charge in [0.15, 0.2) is 0 Å². The Balaban J connectivity index is 1.83. The first-order valence-electron chi connectivity index (χ1n) is 8.19. The molecule has 1 amide bonds. The van der Waals surface area contributed by atoms with Crippen molar-refractivity contribution in [1.29, 1.82) is 0 Å². The number of ether oxygens (including phenoxy) is 1. The van der Waals surface area contributed by atoms with E-state index in [4.69, 9.17) is 4.74 Å². The molecule has 0 unspecified atom stereocenters. The second-order valence-corrected chi connectivity index (χ2v) is 5.42. The lowest BCUT2D eigenvalue weighted by molar-refractivity contribution is 0.152. The molecule has 1 aromatic carbocycles. The van der Waals surface area contributed by atoms with Crippen molar-refractivity contribution in [3.63, 3.8) is 0 Å². The number of aromatic nitrogens is 1. The van der Waals surface area contributed by atoms with Gasteiger partial charge in [-0.2, -0.15) is 0 Å². The fourth-order valence-corrected chi connectivity index (χ4v) is 2.31. The lowest BCUT2D eigenvalue weighted by Gasteiger charge is -2.21. The van der Waals surface area contributed by atoms with Crippen molar-refractivity contribution >= 4 is 11.8 Å². The highest BCUT2D eigenvalue weighted by Crippen LogP contribution is 2.14. The summed E-state index contributed by atoms with van der Waals surface area (Å²) in [5.74, 6) is 0. The van der Waals surface area contributed by atoms with Crippen LogP contribution in [0.3, 0.4) is 0 Å². The quantitative estimate of drug-likeness (QED) is 0.676. The molecule has 0 N–H and O–H groups in total. The predicted octanol–water partition coefficient (Wildman–Crippen LogP) is 4.46. The average Bonchev–Trinajstić information content (AvgIpc) is 2.61. The van der Waals surface area contributed by atoms with Gasteiger partial charge in [-0.3, -0.25) is 9.88 Å². The SMILES string of the molecule is CCCCN(C(=O)OCCCc1ccccc1)c1cccnc1. The van der Waals surface area contributed by atoms with Crippen LogP contribution in [0, 0.1) is 0 Å². The fourth-order valence-electron chi connectivity index (χ4n) is 2.31. The summed E-state index contributed by atoms with van der Waals surface area (Å²) in [6.45, 7) is 3.18. The van der Waals surface area contributed by atoms with Gasteiger partial charge in [-0.1, -0.05) is 43.7 Å². The number of aryl methyl sites for hydroxylation is 1. The number of nitrogens with zero attached hydrogens (tertiary/aromatic N) is 2. The molecule has 0 aliphatic heterocycles. The van der Waals surface area contributed by atoms with Crippen LogP contribution in [0.2, 0.25) is 0 Å². The van der Waals surface area contributed by atoms with E-state index in [1.807, 2.05) is 30.3 Å². The lowest BCUT2D eigenvalue weighted by atomic mass is 10.1. The number of hydrogen-bond acceptors (Lipinski definition) is 3. The maximum Gasteiger partial charge on any atom is 0.414 e. The van der Waals surface area contributed by atoms with E-state index in [1.54, 1.807) is 17.3 Å². The van der Waals surface area contributed by atoms with Crippen molar-refractivity contribution in [3.8, 4) is 0 Å². The molecule has 0 saturated heterocycles. The van der Waals surface area contributed by atoms with Gasteiger partial charge in [0.2, 0.25) is 0 Å². The number of rotatable bonds is 8. The van der Waals surface area contributed by atoms with Crippen LogP contribution in [-0.2, 0) is 11.2 Å². The van der Waals surface area contributed by atoms with Crippen LogP contribution < -0.4 is 4.90 Å². The van der Waals surface area contributed by atoms with Gasteiger partial charge < -0.3 is 4.74 Å². The van der Waals surface area contributed by atoms with Crippen molar-refractivity contribution in [2.24, 2.45) is 0 Å². The van der Waals surface area contributed by atoms with Crippen LogP contribution in [0.5, 0.6) is 0 Å². The third-order valence-electron chi connectivity index (χ3n) is 3.59. The second kappa shape index (κ2) is 9.62. The van der Waals surface area contributed by atoms with Gasteiger partial charge in [-0.25, -0.2) is 4.79 Å². The average molecular weight is 312 g/mol. The Hall–Kier alpha value is -2.36. The van der Waals surface area contributed by atoms with E-state index in [0.717, 1.165) is 31.4 Å². The molecule has 0 aliphatic carbocycles. The van der Waals surface area contributed by atoms with Crippen molar-refractivity contribution in [2.75, 3.05) is 18.1 Å². The summed E-state index contributed by atoms with van der Waals surface area (Å²) in [6, 6.07) is 13.9. The summed E-state index contributed by atoms with van der Waals surface area (Å²) < 4.78 is 5.44. The molecule has 0 spiro atoms. The number of carbonyl (C=O) groups is 1. The fraction of sp³-hybridized carbons (Fsp3) is 0.368. The first-order valence-corrected chi connectivity index (χ1v) is 8.19. The summed E-state index contributed by atoms with van der Waals surface area (Å²) in [6.07, 6.45) is 6.81. The molecule has 0 saturated carbocycles. The summed E-state index contributed by atoms with van der Waals surface area (Å²) in [5.41, 5.74) is 2.05. The first-order chi connectivity index (χ1) is 11.3. The van der Waals surface area contributed by atoms with Crippen LogP contribution in [-0.4, -0.2) is 24.2 Å². The summed E-state index contributed by atoms with van der Waals surface area (Å²) >= 11 is 0. The molecule has 2 rings (SSSR count). The minimum atomic E-state index is -0.292. The van der Waals surface area contributed by atoms with Gasteiger partial charge in [0.1, 0.15) is 0 Å². The Labute approximate surface area is 138 Å². The summed E-state index contributed by atoms with van der Waals surface area (Å²) in [5, 5.41) is 0. The highest BCUT2D eigenvalue weighted by Gasteiger charge is 2.16. The van der Waals surface area contributed by atoms with Gasteiger partial charge in [-0.15, -0.1) is 0 Å². The third kappa shape index (κ3) is 5.74. The van der Waals surface area contributed by atoms with Gasteiger partial charge >= 0.3 is 6.09 Å². The smallest absolute Gasteiger partial charge is 0.414 e. The molecule has 1 aromatic heterocycles. The van der Waals surface area contributed by atoms with Crippen LogP contribution in [0.4, 0.5) is 10.5 Å². The number of amides is 1. The van der Waals surface area contributed by atoms with E-state index in [0.29, 0.717) is 13.2 Å². The monoisotopic (exact) mass is 312 g/mol. The molecule has 1 heterocycles. The molecule has 4 heteroatoms. The van der Waals surface area contributed by atoms with E-state index in [9.17, 15) is 4.79 Å². The molecule has 0 aliphatic rings. The van der Waals surface area contributed by atoms with E-state index < -0.39 is 0 Å².